The van der Waals surface area contributed by atoms with Gasteiger partial charge in [-0.25, -0.2) is 9.78 Å². The van der Waals surface area contributed by atoms with Gasteiger partial charge in [-0.05, 0) is 32.3 Å². The van der Waals surface area contributed by atoms with Crippen molar-refractivity contribution >= 4 is 23.4 Å². The second kappa shape index (κ2) is 8.27. The predicted octanol–water partition coefficient (Wildman–Crippen LogP) is 2.45. The van der Waals surface area contributed by atoms with Gasteiger partial charge in [-0.15, -0.1) is 4.80 Å². The Kier molecular flexibility index (Phi) is 5.47. The minimum atomic E-state index is -0.164. The highest BCUT2D eigenvalue weighted by Crippen LogP contribution is 2.47. The van der Waals surface area contributed by atoms with Crippen molar-refractivity contribution in [1.82, 2.24) is 29.8 Å². The van der Waals surface area contributed by atoms with Gasteiger partial charge in [0.1, 0.15) is 0 Å². The summed E-state index contributed by atoms with van der Waals surface area (Å²) in [6.45, 7) is 7.81. The first-order chi connectivity index (χ1) is 15.1. The molecule has 0 bridgehead atoms. The SMILES string of the molecule is CCOC(=O)N1CC2(CC[C@@H](N3CCN(c4cc(Cl)cnc4-n4nccn4)CC3)C2)C1. The fraction of sp³-hybridized carbons (Fsp3) is 0.619. The van der Waals surface area contributed by atoms with Crippen molar-refractivity contribution < 1.29 is 9.53 Å². The van der Waals surface area contributed by atoms with E-state index >= 15 is 0 Å². The zero-order chi connectivity index (χ0) is 21.4. The number of rotatable bonds is 4. The largest absolute Gasteiger partial charge is 0.450 e. The summed E-state index contributed by atoms with van der Waals surface area (Å²) < 4.78 is 5.14. The molecule has 2 aromatic heterocycles. The van der Waals surface area contributed by atoms with Gasteiger partial charge in [-0.3, -0.25) is 4.90 Å². The molecule has 10 heteroatoms. The van der Waals surface area contributed by atoms with Crippen LogP contribution in [0.1, 0.15) is 26.2 Å². The Labute approximate surface area is 186 Å². The quantitative estimate of drug-likeness (QED) is 0.715. The molecule has 9 nitrogen and oxygen atoms in total. The Morgan fingerprint density at radius 2 is 1.97 bits per heavy atom. The van der Waals surface area contributed by atoms with Crippen LogP contribution in [0.5, 0.6) is 0 Å². The summed E-state index contributed by atoms with van der Waals surface area (Å²) >= 11 is 6.25. The molecule has 1 saturated carbocycles. The highest BCUT2D eigenvalue weighted by Gasteiger charge is 2.51. The van der Waals surface area contributed by atoms with E-state index in [2.05, 4.69) is 25.0 Å². The van der Waals surface area contributed by atoms with Crippen LogP contribution < -0.4 is 4.90 Å². The normalized spacial score (nSPS) is 23.2. The molecule has 0 unspecified atom stereocenters. The number of piperazine rings is 1. The molecule has 5 rings (SSSR count). The van der Waals surface area contributed by atoms with Gasteiger partial charge < -0.3 is 14.5 Å². The summed E-state index contributed by atoms with van der Waals surface area (Å²) in [5.74, 6) is 0.705. The van der Waals surface area contributed by atoms with E-state index in [1.165, 1.54) is 19.3 Å². The van der Waals surface area contributed by atoms with Crippen LogP contribution in [-0.2, 0) is 4.74 Å². The molecule has 0 aromatic carbocycles. The minimum Gasteiger partial charge on any atom is -0.450 e. The summed E-state index contributed by atoms with van der Waals surface area (Å²) in [6.07, 6.45) is 8.34. The van der Waals surface area contributed by atoms with Crippen LogP contribution in [0.25, 0.3) is 5.82 Å². The van der Waals surface area contributed by atoms with E-state index < -0.39 is 0 Å². The van der Waals surface area contributed by atoms with Crippen LogP contribution in [0.15, 0.2) is 24.7 Å². The average molecular weight is 446 g/mol. The lowest BCUT2D eigenvalue weighted by Crippen LogP contribution is -2.58. The predicted molar refractivity (Wildman–Crippen MR) is 117 cm³/mol. The number of amides is 1. The number of carbonyl (C=O) groups excluding carboxylic acids is 1. The fourth-order valence-corrected chi connectivity index (χ4v) is 5.50. The van der Waals surface area contributed by atoms with Gasteiger partial charge in [0.2, 0.25) is 0 Å². The molecule has 3 fully saturated rings. The molecule has 2 aliphatic heterocycles. The van der Waals surface area contributed by atoms with E-state index in [0.29, 0.717) is 28.9 Å². The van der Waals surface area contributed by atoms with Gasteiger partial charge in [0, 0.05) is 56.9 Å². The summed E-state index contributed by atoms with van der Waals surface area (Å²) in [5.41, 5.74) is 1.26. The first-order valence-corrected chi connectivity index (χ1v) is 11.4. The summed E-state index contributed by atoms with van der Waals surface area (Å²) in [4.78, 5) is 24.7. The molecule has 2 saturated heterocycles. The number of pyridine rings is 1. The van der Waals surface area contributed by atoms with Crippen molar-refractivity contribution in [3.05, 3.63) is 29.7 Å². The van der Waals surface area contributed by atoms with Gasteiger partial charge in [0.15, 0.2) is 5.82 Å². The van der Waals surface area contributed by atoms with Gasteiger partial charge in [-0.2, -0.15) is 10.2 Å². The molecule has 1 aliphatic carbocycles. The van der Waals surface area contributed by atoms with Crippen LogP contribution in [0.2, 0.25) is 5.02 Å². The van der Waals surface area contributed by atoms with Gasteiger partial charge in [-0.1, -0.05) is 11.6 Å². The Morgan fingerprint density at radius 3 is 2.68 bits per heavy atom. The van der Waals surface area contributed by atoms with Crippen LogP contribution in [0, 0.1) is 5.41 Å². The number of halogens is 1. The first-order valence-electron chi connectivity index (χ1n) is 11.0. The van der Waals surface area contributed by atoms with Gasteiger partial charge >= 0.3 is 6.09 Å². The molecule has 0 radical (unpaired) electrons. The number of aromatic nitrogens is 4. The third-order valence-electron chi connectivity index (χ3n) is 6.85. The number of anilines is 1. The molecule has 2 aromatic rings. The highest BCUT2D eigenvalue weighted by atomic mass is 35.5. The number of carbonyl (C=O) groups is 1. The Balaban J connectivity index is 1.19. The van der Waals surface area contributed by atoms with Crippen molar-refractivity contribution in [2.75, 3.05) is 50.8 Å². The Bertz CT molecular complexity index is 924. The maximum atomic E-state index is 11.9. The van der Waals surface area contributed by atoms with Crippen molar-refractivity contribution in [1.29, 1.82) is 0 Å². The van der Waals surface area contributed by atoms with Crippen LogP contribution in [0.3, 0.4) is 0 Å². The molecular formula is C21H28ClN7O2. The molecule has 4 heterocycles. The van der Waals surface area contributed by atoms with Crippen LogP contribution in [-0.4, -0.2) is 87.8 Å². The number of nitrogens with zero attached hydrogens (tertiary/aromatic N) is 7. The Morgan fingerprint density at radius 1 is 1.23 bits per heavy atom. The zero-order valence-corrected chi connectivity index (χ0v) is 18.5. The van der Waals surface area contributed by atoms with E-state index in [0.717, 1.165) is 45.0 Å². The zero-order valence-electron chi connectivity index (χ0n) is 17.8. The van der Waals surface area contributed by atoms with Gasteiger partial charge in [0.05, 0.1) is 29.7 Å². The first kappa shape index (κ1) is 20.5. The molecule has 31 heavy (non-hydrogen) atoms. The van der Waals surface area contributed by atoms with E-state index in [1.54, 1.807) is 23.4 Å². The van der Waals surface area contributed by atoms with Crippen molar-refractivity contribution in [2.24, 2.45) is 5.41 Å². The average Bonchev–Trinajstić information content (AvgIpc) is 3.43. The number of hydrogen-bond acceptors (Lipinski definition) is 7. The molecular weight excluding hydrogens is 418 g/mol. The Hall–Kier alpha value is -2.39. The maximum Gasteiger partial charge on any atom is 0.409 e. The summed E-state index contributed by atoms with van der Waals surface area (Å²) in [6, 6.07) is 2.54. The van der Waals surface area contributed by atoms with Crippen molar-refractivity contribution in [2.45, 2.75) is 32.2 Å². The maximum absolute atomic E-state index is 11.9. The molecule has 0 N–H and O–H groups in total. The van der Waals surface area contributed by atoms with E-state index in [-0.39, 0.29) is 6.09 Å². The highest BCUT2D eigenvalue weighted by molar-refractivity contribution is 6.30. The number of ether oxygens (including phenoxy) is 1. The third kappa shape index (κ3) is 3.96. The second-order valence-corrected chi connectivity index (χ2v) is 9.23. The monoisotopic (exact) mass is 445 g/mol. The lowest BCUT2D eigenvalue weighted by molar-refractivity contribution is -0.00294. The standard InChI is InChI=1S/C21H28ClN7O2/c1-2-31-20(30)28-14-21(15-28)4-3-17(12-21)26-7-9-27(10-8-26)18-11-16(22)13-23-19(18)29-24-5-6-25-29/h5-6,11,13,17H,2-4,7-10,12,14-15H2,1H3/t17-/m1/s1. The molecule has 3 aliphatic rings. The van der Waals surface area contributed by atoms with Gasteiger partial charge in [0.25, 0.3) is 0 Å². The van der Waals surface area contributed by atoms with E-state index in [1.807, 2.05) is 17.9 Å². The molecule has 1 spiro atoms. The molecule has 1 amide bonds. The minimum absolute atomic E-state index is 0.164. The van der Waals surface area contributed by atoms with Crippen molar-refractivity contribution in [3.8, 4) is 5.82 Å². The topological polar surface area (TPSA) is 79.6 Å². The summed E-state index contributed by atoms with van der Waals surface area (Å²) in [5, 5.41) is 9.09. The molecule has 1 atom stereocenters. The number of likely N-dealkylation sites (tertiary alicyclic amines) is 1. The van der Waals surface area contributed by atoms with Crippen LogP contribution in [0.4, 0.5) is 10.5 Å². The third-order valence-corrected chi connectivity index (χ3v) is 7.06. The van der Waals surface area contributed by atoms with Crippen molar-refractivity contribution in [3.63, 3.8) is 0 Å². The van der Waals surface area contributed by atoms with Crippen LogP contribution >= 0.6 is 11.6 Å². The fourth-order valence-electron chi connectivity index (χ4n) is 5.34. The smallest absolute Gasteiger partial charge is 0.409 e. The van der Waals surface area contributed by atoms with E-state index in [9.17, 15) is 4.79 Å². The lowest BCUT2D eigenvalue weighted by atomic mass is 9.78. The number of hydrogen-bond donors (Lipinski definition) is 0. The summed E-state index contributed by atoms with van der Waals surface area (Å²) in [7, 11) is 0. The lowest BCUT2D eigenvalue weighted by Gasteiger charge is -2.48. The van der Waals surface area contributed by atoms with E-state index in [4.69, 9.17) is 16.3 Å². The molecule has 166 valence electrons. The second-order valence-electron chi connectivity index (χ2n) is 8.79.